The van der Waals surface area contributed by atoms with Gasteiger partial charge in [-0.25, -0.2) is 18.7 Å². The lowest BCUT2D eigenvalue weighted by Gasteiger charge is -2.26. The maximum absolute atomic E-state index is 13.4. The first-order valence-electron chi connectivity index (χ1n) is 10.3. The minimum atomic E-state index is -4.55. The molecular formula is C21H18F5N5O3. The summed E-state index contributed by atoms with van der Waals surface area (Å²) in [4.78, 5) is 23.7. The summed E-state index contributed by atoms with van der Waals surface area (Å²) in [6, 6.07) is 1.52. The van der Waals surface area contributed by atoms with Gasteiger partial charge in [0.05, 0.1) is 5.56 Å². The van der Waals surface area contributed by atoms with Gasteiger partial charge in [-0.3, -0.25) is 4.79 Å². The number of amides is 1. The molecule has 4 rings (SSSR count). The number of carbonyl (C=O) groups is 1. The lowest BCUT2D eigenvalue weighted by molar-refractivity contribution is -0.138. The smallest absolute Gasteiger partial charge is 0.419 e. The Balaban J connectivity index is 1.30. The van der Waals surface area contributed by atoms with Gasteiger partial charge in [0.1, 0.15) is 0 Å². The average Bonchev–Trinajstić information content (AvgIpc) is 3.31. The molecule has 0 atom stereocenters. The molecule has 1 fully saturated rings. The van der Waals surface area contributed by atoms with E-state index in [1.165, 1.54) is 0 Å². The molecule has 3 aromatic rings. The number of phenolic OH excluding ortho intramolecular Hbond substituents is 1. The van der Waals surface area contributed by atoms with Crippen LogP contribution in [0.15, 0.2) is 29.0 Å². The van der Waals surface area contributed by atoms with Crippen LogP contribution in [0.2, 0.25) is 0 Å². The summed E-state index contributed by atoms with van der Waals surface area (Å²) < 4.78 is 70.0. The van der Waals surface area contributed by atoms with Crippen LogP contribution in [0.25, 0.3) is 11.6 Å². The van der Waals surface area contributed by atoms with Gasteiger partial charge in [0.15, 0.2) is 17.4 Å². The van der Waals surface area contributed by atoms with Crippen molar-refractivity contribution in [2.24, 2.45) is 5.92 Å². The second-order valence-electron chi connectivity index (χ2n) is 7.97. The fourth-order valence-corrected chi connectivity index (χ4v) is 3.73. The summed E-state index contributed by atoms with van der Waals surface area (Å²) in [5, 5.41) is 15.5. The second-order valence-corrected chi connectivity index (χ2v) is 7.97. The van der Waals surface area contributed by atoms with Gasteiger partial charge in [-0.05, 0) is 43.7 Å². The van der Waals surface area contributed by atoms with Crippen LogP contribution in [0.4, 0.5) is 22.0 Å². The molecule has 0 radical (unpaired) electrons. The van der Waals surface area contributed by atoms with Crippen LogP contribution in [-0.2, 0) is 6.18 Å². The molecule has 0 saturated heterocycles. The second kappa shape index (κ2) is 9.31. The summed E-state index contributed by atoms with van der Waals surface area (Å²) in [5.74, 6) is -3.93. The quantitative estimate of drug-likeness (QED) is 0.522. The van der Waals surface area contributed by atoms with Crippen LogP contribution in [0, 0.1) is 17.6 Å². The zero-order chi connectivity index (χ0) is 24.5. The number of nitrogens with zero attached hydrogens (tertiary/aromatic N) is 4. The van der Waals surface area contributed by atoms with E-state index < -0.39 is 35.0 Å². The Morgan fingerprint density at radius 3 is 2.26 bits per heavy atom. The molecule has 1 saturated carbocycles. The van der Waals surface area contributed by atoms with E-state index in [4.69, 9.17) is 9.63 Å². The van der Waals surface area contributed by atoms with Crippen molar-refractivity contribution in [2.75, 3.05) is 6.54 Å². The van der Waals surface area contributed by atoms with E-state index in [1.807, 2.05) is 0 Å². The molecule has 2 heterocycles. The highest BCUT2D eigenvalue weighted by molar-refractivity contribution is 5.94. The number of hydrogen-bond donors (Lipinski definition) is 2. The molecule has 1 aliphatic rings. The number of phenols is 1. The molecule has 0 aliphatic heterocycles. The molecule has 0 bridgehead atoms. The van der Waals surface area contributed by atoms with Crippen LogP contribution in [0.1, 0.15) is 53.4 Å². The maximum Gasteiger partial charge on any atom is 0.419 e. The normalized spacial score (nSPS) is 18.6. The molecule has 34 heavy (non-hydrogen) atoms. The summed E-state index contributed by atoms with van der Waals surface area (Å²) in [5.41, 5.74) is -1.21. The fourth-order valence-electron chi connectivity index (χ4n) is 3.73. The number of rotatable bonds is 5. The van der Waals surface area contributed by atoms with Crippen molar-refractivity contribution in [3.8, 4) is 17.4 Å². The van der Waals surface area contributed by atoms with Gasteiger partial charge in [-0.2, -0.15) is 18.2 Å². The number of carbonyl (C=O) groups excluding carboxylic acids is 1. The van der Waals surface area contributed by atoms with Crippen LogP contribution in [-0.4, -0.2) is 37.7 Å². The molecular weight excluding hydrogens is 465 g/mol. The Morgan fingerprint density at radius 1 is 1.06 bits per heavy atom. The molecule has 1 amide bonds. The van der Waals surface area contributed by atoms with Gasteiger partial charge in [0, 0.05) is 30.4 Å². The Morgan fingerprint density at radius 2 is 1.68 bits per heavy atom. The summed E-state index contributed by atoms with van der Waals surface area (Å²) >= 11 is 0. The molecule has 1 aromatic carbocycles. The lowest BCUT2D eigenvalue weighted by Crippen LogP contribution is -2.31. The number of benzene rings is 1. The highest BCUT2D eigenvalue weighted by Crippen LogP contribution is 2.35. The molecule has 2 N–H and O–H groups in total. The van der Waals surface area contributed by atoms with Crippen molar-refractivity contribution >= 4 is 5.91 Å². The van der Waals surface area contributed by atoms with Gasteiger partial charge in [-0.15, -0.1) is 0 Å². The minimum absolute atomic E-state index is 0.00789. The standard InChI is InChI=1S/C21H18F5N5O3/c22-14-5-12(6-15(23)16(14)32)19(33)29-7-10-1-3-11(4-2-10)20-30-18(31-34-20)17-27-8-13(9-28-17)21(24,25)26/h5-6,8-11,32H,1-4,7H2,(H,29,33)/t10-,11-. The number of aromatic nitrogens is 4. The van der Waals surface area contributed by atoms with Crippen molar-refractivity contribution in [3.63, 3.8) is 0 Å². The summed E-state index contributed by atoms with van der Waals surface area (Å²) in [6.07, 6.45) is -0.500. The average molecular weight is 483 g/mol. The predicted molar refractivity (Wildman–Crippen MR) is 105 cm³/mol. The zero-order valence-electron chi connectivity index (χ0n) is 17.4. The van der Waals surface area contributed by atoms with Crippen molar-refractivity contribution in [1.29, 1.82) is 0 Å². The van der Waals surface area contributed by atoms with E-state index in [9.17, 15) is 26.7 Å². The van der Waals surface area contributed by atoms with Crippen LogP contribution in [0.3, 0.4) is 0 Å². The third-order valence-corrected chi connectivity index (χ3v) is 5.65. The SMILES string of the molecule is O=C(NC[C@H]1CC[C@H](c2nc(-c3ncc(C(F)(F)F)cn3)no2)CC1)c1cc(F)c(O)c(F)c1. The lowest BCUT2D eigenvalue weighted by atomic mass is 9.82. The van der Waals surface area contributed by atoms with E-state index >= 15 is 0 Å². The van der Waals surface area contributed by atoms with Gasteiger partial charge in [-0.1, -0.05) is 5.16 Å². The van der Waals surface area contributed by atoms with Crippen LogP contribution < -0.4 is 5.32 Å². The summed E-state index contributed by atoms with van der Waals surface area (Å²) in [6.45, 7) is 0.296. The monoisotopic (exact) mass is 483 g/mol. The predicted octanol–water partition coefficient (Wildman–Crippen LogP) is 4.23. The van der Waals surface area contributed by atoms with Gasteiger partial charge in [0.25, 0.3) is 5.91 Å². The Hall–Kier alpha value is -3.64. The fraction of sp³-hybridized carbons (Fsp3) is 0.381. The Kier molecular flexibility index (Phi) is 6.44. The number of alkyl halides is 3. The molecule has 8 nitrogen and oxygen atoms in total. The van der Waals surface area contributed by atoms with Crippen LogP contribution in [0.5, 0.6) is 5.75 Å². The topological polar surface area (TPSA) is 114 Å². The minimum Gasteiger partial charge on any atom is -0.503 e. The molecule has 13 heteroatoms. The number of aromatic hydroxyl groups is 1. The van der Waals surface area contributed by atoms with E-state index in [2.05, 4.69) is 25.4 Å². The third-order valence-electron chi connectivity index (χ3n) is 5.65. The number of hydrogen-bond acceptors (Lipinski definition) is 7. The zero-order valence-corrected chi connectivity index (χ0v) is 17.4. The van der Waals surface area contributed by atoms with Crippen molar-refractivity contribution in [1.82, 2.24) is 25.4 Å². The van der Waals surface area contributed by atoms with E-state index in [-0.39, 0.29) is 29.0 Å². The summed E-state index contributed by atoms with van der Waals surface area (Å²) in [7, 11) is 0. The Bertz CT molecular complexity index is 1150. The highest BCUT2D eigenvalue weighted by atomic mass is 19.4. The highest BCUT2D eigenvalue weighted by Gasteiger charge is 2.32. The largest absolute Gasteiger partial charge is 0.503 e. The maximum atomic E-state index is 13.4. The van der Waals surface area contributed by atoms with Gasteiger partial charge in [0.2, 0.25) is 17.5 Å². The Labute approximate surface area is 189 Å². The molecule has 1 aliphatic carbocycles. The number of halogens is 5. The first-order chi connectivity index (χ1) is 16.1. The first-order valence-corrected chi connectivity index (χ1v) is 10.3. The van der Waals surface area contributed by atoms with Crippen molar-refractivity contribution < 1.29 is 36.4 Å². The van der Waals surface area contributed by atoms with E-state index in [1.54, 1.807) is 0 Å². The van der Waals surface area contributed by atoms with Crippen LogP contribution >= 0.6 is 0 Å². The molecule has 180 valence electrons. The van der Waals surface area contributed by atoms with Crippen molar-refractivity contribution in [2.45, 2.75) is 37.8 Å². The molecule has 2 aromatic heterocycles. The van der Waals surface area contributed by atoms with E-state index in [0.29, 0.717) is 50.5 Å². The number of nitrogens with one attached hydrogen (secondary N) is 1. The van der Waals surface area contributed by atoms with Gasteiger partial charge < -0.3 is 14.9 Å². The first kappa shape index (κ1) is 23.5. The van der Waals surface area contributed by atoms with Gasteiger partial charge >= 0.3 is 6.18 Å². The molecule has 0 spiro atoms. The van der Waals surface area contributed by atoms with E-state index in [0.717, 1.165) is 12.1 Å². The van der Waals surface area contributed by atoms with Crippen molar-refractivity contribution in [3.05, 3.63) is 53.2 Å². The third kappa shape index (κ3) is 5.13. The molecule has 0 unspecified atom stereocenters.